The third-order valence-corrected chi connectivity index (χ3v) is 8.60. The summed E-state index contributed by atoms with van der Waals surface area (Å²) in [5.74, 6) is -0.0288. The number of rotatable bonds is 34. The minimum Gasteiger partial charge on any atom is -0.274 e. The lowest BCUT2D eigenvalue weighted by molar-refractivity contribution is -0.132. The first-order chi connectivity index (χ1) is 20.6. The Bertz CT molecular complexity index is 521. The van der Waals surface area contributed by atoms with Gasteiger partial charge in [-0.25, -0.2) is 0 Å². The van der Waals surface area contributed by atoms with Crippen LogP contribution in [0.2, 0.25) is 0 Å². The second kappa shape index (κ2) is 34.4. The maximum Gasteiger partial charge on any atom is 0.235 e. The van der Waals surface area contributed by atoms with Crippen molar-refractivity contribution in [3.63, 3.8) is 0 Å². The van der Waals surface area contributed by atoms with Crippen LogP contribution in [0.15, 0.2) is 0 Å². The quantitative estimate of drug-likeness (QED) is 0.0576. The number of hydrogen-bond donors (Lipinski definition) is 2. The molecule has 0 saturated heterocycles. The Balaban J connectivity index is 3.39. The molecule has 0 aliphatic rings. The highest BCUT2D eigenvalue weighted by molar-refractivity contribution is 5.77. The molecule has 2 N–H and O–H groups in total. The van der Waals surface area contributed by atoms with E-state index in [1.54, 1.807) is 7.05 Å². The minimum atomic E-state index is -0.0144. The Morgan fingerprint density at radius 3 is 0.762 bits per heavy atom. The Hall–Kier alpha value is -1.10. The molecule has 2 amide bonds. The molecule has 0 unspecified atom stereocenters. The van der Waals surface area contributed by atoms with Gasteiger partial charge in [0.15, 0.2) is 0 Å². The van der Waals surface area contributed by atoms with Gasteiger partial charge in [-0.05, 0) is 12.8 Å². The number of unbranched alkanes of at least 4 members (excludes halogenated alkanes) is 28. The number of hydrazine groups is 2. The Kier molecular flexibility index (Phi) is 33.5. The van der Waals surface area contributed by atoms with Crippen molar-refractivity contribution in [3.05, 3.63) is 0 Å². The van der Waals surface area contributed by atoms with Gasteiger partial charge in [0.1, 0.15) is 0 Å². The molecule has 0 radical (unpaired) electrons. The van der Waals surface area contributed by atoms with Crippen LogP contribution >= 0.6 is 0 Å². The van der Waals surface area contributed by atoms with Gasteiger partial charge >= 0.3 is 0 Å². The van der Waals surface area contributed by atoms with E-state index in [0.29, 0.717) is 12.8 Å². The third kappa shape index (κ3) is 33.4. The number of nitrogens with zero attached hydrogens (tertiary/aromatic N) is 1. The predicted octanol–water partition coefficient (Wildman–Crippen LogP) is 11.5. The van der Waals surface area contributed by atoms with E-state index in [1.165, 1.54) is 172 Å². The summed E-state index contributed by atoms with van der Waals surface area (Å²) in [6, 6.07) is 0. The Labute approximate surface area is 263 Å². The number of carbonyl (C=O) groups excluding carboxylic acids is 2. The van der Waals surface area contributed by atoms with Crippen molar-refractivity contribution in [2.75, 3.05) is 7.05 Å². The van der Waals surface area contributed by atoms with Crippen LogP contribution in [0.25, 0.3) is 0 Å². The van der Waals surface area contributed by atoms with Gasteiger partial charge in [0.25, 0.3) is 0 Å². The molecule has 0 aliphatic carbocycles. The molecule has 0 aromatic carbocycles. The summed E-state index contributed by atoms with van der Waals surface area (Å²) < 4.78 is 0. The first-order valence-corrected chi connectivity index (χ1v) is 18.9. The standard InChI is InChI=1S/C37H75N3O2/c1-4-6-8-10-12-14-16-18-20-22-24-26-28-30-32-34-36(41)38-40(3)39-37(42)35-33-31-29-27-25-23-21-19-17-15-13-11-9-7-5-2/h4-35H2,1-3H3,(H,38,41)(H,39,42). The average Bonchev–Trinajstić information content (AvgIpc) is 2.97. The second-order valence-corrected chi connectivity index (χ2v) is 13.0. The molecule has 0 rings (SSSR count). The molecule has 0 saturated carbocycles. The highest BCUT2D eigenvalue weighted by Crippen LogP contribution is 2.15. The van der Waals surface area contributed by atoms with Crippen LogP contribution < -0.4 is 10.9 Å². The van der Waals surface area contributed by atoms with Crippen molar-refractivity contribution in [2.24, 2.45) is 0 Å². The van der Waals surface area contributed by atoms with E-state index >= 15 is 0 Å². The van der Waals surface area contributed by atoms with Crippen LogP contribution in [-0.4, -0.2) is 24.0 Å². The lowest BCUT2D eigenvalue weighted by Gasteiger charge is -2.19. The van der Waals surface area contributed by atoms with E-state index in [9.17, 15) is 9.59 Å². The minimum absolute atomic E-state index is 0.0144. The molecule has 5 nitrogen and oxygen atoms in total. The summed E-state index contributed by atoms with van der Waals surface area (Å²) in [5, 5.41) is 1.43. The molecule has 0 aromatic rings. The normalized spacial score (nSPS) is 11.3. The van der Waals surface area contributed by atoms with Crippen molar-refractivity contribution < 1.29 is 9.59 Å². The summed E-state index contributed by atoms with van der Waals surface area (Å²) in [7, 11) is 1.70. The van der Waals surface area contributed by atoms with Gasteiger partial charge in [-0.15, -0.1) is 5.12 Å². The van der Waals surface area contributed by atoms with Gasteiger partial charge < -0.3 is 0 Å². The fourth-order valence-electron chi connectivity index (χ4n) is 5.83. The summed E-state index contributed by atoms with van der Waals surface area (Å²) in [6.07, 6.45) is 40.8. The van der Waals surface area contributed by atoms with E-state index in [2.05, 4.69) is 24.7 Å². The largest absolute Gasteiger partial charge is 0.274 e. The second-order valence-electron chi connectivity index (χ2n) is 13.0. The van der Waals surface area contributed by atoms with Crippen LogP contribution in [0.1, 0.15) is 219 Å². The zero-order valence-electron chi connectivity index (χ0n) is 28.9. The molecule has 0 atom stereocenters. The smallest absolute Gasteiger partial charge is 0.235 e. The average molecular weight is 594 g/mol. The summed E-state index contributed by atoms with van der Waals surface area (Å²) in [5.41, 5.74) is 5.55. The first kappa shape index (κ1) is 40.9. The molecule has 0 spiro atoms. The Morgan fingerprint density at radius 2 is 0.548 bits per heavy atom. The van der Waals surface area contributed by atoms with E-state index in [1.807, 2.05) is 0 Å². The first-order valence-electron chi connectivity index (χ1n) is 18.9. The van der Waals surface area contributed by atoms with Crippen molar-refractivity contribution >= 4 is 11.8 Å². The maximum absolute atomic E-state index is 12.2. The molecular formula is C37H75N3O2. The van der Waals surface area contributed by atoms with Gasteiger partial charge in [0.05, 0.1) is 0 Å². The highest BCUT2D eigenvalue weighted by atomic mass is 16.2. The summed E-state index contributed by atoms with van der Waals surface area (Å²) in [6.45, 7) is 4.56. The van der Waals surface area contributed by atoms with Crippen LogP contribution in [-0.2, 0) is 9.59 Å². The number of hydrogen-bond acceptors (Lipinski definition) is 3. The van der Waals surface area contributed by atoms with Crippen molar-refractivity contribution in [1.29, 1.82) is 0 Å². The van der Waals surface area contributed by atoms with E-state index < -0.39 is 0 Å². The number of carbonyl (C=O) groups is 2. The number of amides is 2. The summed E-state index contributed by atoms with van der Waals surface area (Å²) in [4.78, 5) is 24.3. The third-order valence-electron chi connectivity index (χ3n) is 8.60. The lowest BCUT2D eigenvalue weighted by atomic mass is 10.0. The van der Waals surface area contributed by atoms with Gasteiger partial charge in [0, 0.05) is 19.9 Å². The molecule has 0 aliphatic heterocycles. The SMILES string of the molecule is CCCCCCCCCCCCCCCCCC(=O)NN(C)NC(=O)CCCCCCCCCCCCCCCCC. The fourth-order valence-corrected chi connectivity index (χ4v) is 5.83. The highest BCUT2D eigenvalue weighted by Gasteiger charge is 2.08. The summed E-state index contributed by atoms with van der Waals surface area (Å²) >= 11 is 0. The molecule has 0 bridgehead atoms. The topological polar surface area (TPSA) is 61.4 Å². The molecular weight excluding hydrogens is 518 g/mol. The van der Waals surface area contributed by atoms with Gasteiger partial charge in [0.2, 0.25) is 11.8 Å². The number of nitrogens with one attached hydrogen (secondary N) is 2. The van der Waals surface area contributed by atoms with E-state index in [0.717, 1.165) is 25.7 Å². The lowest BCUT2D eigenvalue weighted by Crippen LogP contribution is -2.50. The zero-order chi connectivity index (χ0) is 30.8. The monoisotopic (exact) mass is 594 g/mol. The van der Waals surface area contributed by atoms with Crippen molar-refractivity contribution in [2.45, 2.75) is 219 Å². The van der Waals surface area contributed by atoms with Crippen molar-refractivity contribution in [1.82, 2.24) is 16.0 Å². The fraction of sp³-hybridized carbons (Fsp3) is 0.946. The van der Waals surface area contributed by atoms with Gasteiger partial charge in [-0.3, -0.25) is 20.4 Å². The molecule has 5 heteroatoms. The molecule has 0 heterocycles. The van der Waals surface area contributed by atoms with Gasteiger partial charge in [-0.1, -0.05) is 194 Å². The van der Waals surface area contributed by atoms with Crippen LogP contribution in [0.3, 0.4) is 0 Å². The van der Waals surface area contributed by atoms with Crippen LogP contribution in [0.5, 0.6) is 0 Å². The Morgan fingerprint density at radius 1 is 0.357 bits per heavy atom. The van der Waals surface area contributed by atoms with Crippen LogP contribution in [0, 0.1) is 0 Å². The van der Waals surface area contributed by atoms with E-state index in [-0.39, 0.29) is 11.8 Å². The van der Waals surface area contributed by atoms with Gasteiger partial charge in [-0.2, -0.15) is 0 Å². The van der Waals surface area contributed by atoms with Crippen LogP contribution in [0.4, 0.5) is 0 Å². The van der Waals surface area contributed by atoms with E-state index in [4.69, 9.17) is 0 Å². The molecule has 0 fully saturated rings. The molecule has 0 aromatic heterocycles. The molecule has 250 valence electrons. The maximum atomic E-state index is 12.2. The predicted molar refractivity (Wildman–Crippen MR) is 183 cm³/mol. The van der Waals surface area contributed by atoms with Crippen molar-refractivity contribution in [3.8, 4) is 0 Å². The molecule has 42 heavy (non-hydrogen) atoms. The zero-order valence-corrected chi connectivity index (χ0v) is 28.9.